The largest absolute Gasteiger partial charge is 0.344 e. The number of aryl methyl sites for hydroxylation is 1. The number of carbonyl (C=O) groups is 3. The number of rotatable bonds is 2. The Labute approximate surface area is 149 Å². The molecule has 2 aromatic carbocycles. The van der Waals surface area contributed by atoms with Gasteiger partial charge >= 0.3 is 6.03 Å². The van der Waals surface area contributed by atoms with Gasteiger partial charge in [0.2, 0.25) is 0 Å². The van der Waals surface area contributed by atoms with E-state index in [-0.39, 0.29) is 5.57 Å². The van der Waals surface area contributed by atoms with Gasteiger partial charge in [-0.3, -0.25) is 14.9 Å². The topological polar surface area (TPSA) is 71.4 Å². The van der Waals surface area contributed by atoms with Crippen molar-refractivity contribution >= 4 is 40.5 Å². The number of anilines is 1. The van der Waals surface area contributed by atoms with Gasteiger partial charge in [0, 0.05) is 23.6 Å². The Morgan fingerprint density at radius 3 is 2.35 bits per heavy atom. The lowest BCUT2D eigenvalue weighted by Gasteiger charge is -2.26. The molecule has 1 fully saturated rings. The molecule has 3 aromatic rings. The van der Waals surface area contributed by atoms with E-state index in [4.69, 9.17) is 0 Å². The lowest BCUT2D eigenvalue weighted by atomic mass is 10.1. The number of hydrogen-bond donors (Lipinski definition) is 1. The number of benzene rings is 2. The van der Waals surface area contributed by atoms with E-state index in [1.807, 2.05) is 41.9 Å². The molecule has 1 aliphatic rings. The van der Waals surface area contributed by atoms with Crippen molar-refractivity contribution in [1.29, 1.82) is 0 Å². The van der Waals surface area contributed by atoms with Crippen LogP contribution >= 0.6 is 0 Å². The highest BCUT2D eigenvalue weighted by Gasteiger charge is 2.36. The molecule has 0 bridgehead atoms. The molecule has 1 aromatic heterocycles. The Morgan fingerprint density at radius 1 is 0.923 bits per heavy atom. The quantitative estimate of drug-likeness (QED) is 0.573. The van der Waals surface area contributed by atoms with Crippen LogP contribution in [0.5, 0.6) is 0 Å². The van der Waals surface area contributed by atoms with E-state index in [2.05, 4.69) is 5.32 Å². The Kier molecular flexibility index (Phi) is 3.65. The van der Waals surface area contributed by atoms with Crippen molar-refractivity contribution in [3.8, 4) is 0 Å². The zero-order valence-electron chi connectivity index (χ0n) is 14.0. The first-order valence-corrected chi connectivity index (χ1v) is 8.07. The monoisotopic (exact) mass is 345 g/mol. The van der Waals surface area contributed by atoms with Crippen molar-refractivity contribution in [2.75, 3.05) is 4.90 Å². The zero-order valence-corrected chi connectivity index (χ0v) is 14.0. The third-order valence-electron chi connectivity index (χ3n) is 4.40. The number of amides is 4. The molecule has 128 valence electrons. The van der Waals surface area contributed by atoms with Crippen molar-refractivity contribution in [3.63, 3.8) is 0 Å². The summed E-state index contributed by atoms with van der Waals surface area (Å²) < 4.78 is 1.90. The molecule has 4 amide bonds. The van der Waals surface area contributed by atoms with Crippen molar-refractivity contribution < 1.29 is 14.4 Å². The second-order valence-electron chi connectivity index (χ2n) is 5.98. The number of barbiturate groups is 1. The molecule has 1 N–H and O–H groups in total. The number of aromatic nitrogens is 1. The van der Waals surface area contributed by atoms with Crippen LogP contribution in [0.3, 0.4) is 0 Å². The number of carbonyl (C=O) groups excluding carboxylic acids is 3. The zero-order chi connectivity index (χ0) is 18.3. The molecule has 1 saturated heterocycles. The molecule has 6 nitrogen and oxygen atoms in total. The molecular formula is C20H15N3O3. The van der Waals surface area contributed by atoms with Gasteiger partial charge in [0.25, 0.3) is 11.8 Å². The standard InChI is InChI=1S/C20H15N3O3/c1-22-15(11-13-7-5-6-10-17(13)22)12-16-18(24)21-20(26)23(19(16)25)14-8-3-2-4-9-14/h2-12H,1H3,(H,21,24,26). The van der Waals surface area contributed by atoms with Gasteiger partial charge in [0.15, 0.2) is 0 Å². The molecule has 6 heteroatoms. The van der Waals surface area contributed by atoms with Crippen LogP contribution in [0.25, 0.3) is 17.0 Å². The van der Waals surface area contributed by atoms with Crippen LogP contribution in [-0.4, -0.2) is 22.4 Å². The molecule has 0 spiro atoms. The third kappa shape index (κ3) is 2.48. The number of hydrogen-bond acceptors (Lipinski definition) is 3. The van der Waals surface area contributed by atoms with E-state index in [1.165, 1.54) is 6.08 Å². The van der Waals surface area contributed by atoms with Gasteiger partial charge in [-0.25, -0.2) is 9.69 Å². The number of imide groups is 2. The van der Waals surface area contributed by atoms with Gasteiger partial charge in [-0.15, -0.1) is 0 Å². The molecule has 1 aliphatic heterocycles. The molecular weight excluding hydrogens is 330 g/mol. The second-order valence-corrected chi connectivity index (χ2v) is 5.98. The highest BCUT2D eigenvalue weighted by Crippen LogP contribution is 2.24. The average Bonchev–Trinajstić information content (AvgIpc) is 2.95. The highest BCUT2D eigenvalue weighted by atomic mass is 16.2. The van der Waals surface area contributed by atoms with Crippen LogP contribution in [0.2, 0.25) is 0 Å². The fourth-order valence-electron chi connectivity index (χ4n) is 3.07. The lowest BCUT2D eigenvalue weighted by molar-refractivity contribution is -0.122. The summed E-state index contributed by atoms with van der Waals surface area (Å²) in [6, 6.07) is 17.4. The van der Waals surface area contributed by atoms with Crippen LogP contribution in [0.1, 0.15) is 5.69 Å². The van der Waals surface area contributed by atoms with E-state index in [0.717, 1.165) is 15.8 Å². The molecule has 0 aliphatic carbocycles. The summed E-state index contributed by atoms with van der Waals surface area (Å²) in [4.78, 5) is 38.2. The first-order valence-electron chi connectivity index (χ1n) is 8.07. The fourth-order valence-corrected chi connectivity index (χ4v) is 3.07. The van der Waals surface area contributed by atoms with Crippen LogP contribution in [-0.2, 0) is 16.6 Å². The van der Waals surface area contributed by atoms with Crippen LogP contribution in [0.15, 0.2) is 66.2 Å². The fraction of sp³-hybridized carbons (Fsp3) is 0.0500. The summed E-state index contributed by atoms with van der Waals surface area (Å²) in [6.07, 6.45) is 1.51. The maximum absolute atomic E-state index is 12.8. The second kappa shape index (κ2) is 6.00. The number of urea groups is 1. The normalized spacial score (nSPS) is 16.4. The molecule has 0 saturated carbocycles. The van der Waals surface area contributed by atoms with Gasteiger partial charge in [0.05, 0.1) is 5.69 Å². The van der Waals surface area contributed by atoms with Gasteiger partial charge < -0.3 is 4.57 Å². The first kappa shape index (κ1) is 15.8. The van der Waals surface area contributed by atoms with Crippen molar-refractivity contribution in [2.24, 2.45) is 7.05 Å². The summed E-state index contributed by atoms with van der Waals surface area (Å²) in [5.41, 5.74) is 2.01. The van der Waals surface area contributed by atoms with Gasteiger partial charge in [-0.05, 0) is 30.3 Å². The molecule has 0 atom stereocenters. The van der Waals surface area contributed by atoms with E-state index in [0.29, 0.717) is 11.4 Å². The molecule has 4 rings (SSSR count). The molecule has 0 radical (unpaired) electrons. The van der Waals surface area contributed by atoms with Crippen molar-refractivity contribution in [2.45, 2.75) is 0 Å². The maximum atomic E-state index is 12.8. The Bertz CT molecular complexity index is 1080. The molecule has 26 heavy (non-hydrogen) atoms. The highest BCUT2D eigenvalue weighted by molar-refractivity contribution is 6.39. The minimum Gasteiger partial charge on any atom is -0.344 e. The van der Waals surface area contributed by atoms with E-state index in [9.17, 15) is 14.4 Å². The van der Waals surface area contributed by atoms with E-state index in [1.54, 1.807) is 30.3 Å². The Hall–Kier alpha value is -3.67. The first-order chi connectivity index (χ1) is 12.6. The lowest BCUT2D eigenvalue weighted by Crippen LogP contribution is -2.54. The molecule has 2 heterocycles. The summed E-state index contributed by atoms with van der Waals surface area (Å²) >= 11 is 0. The summed E-state index contributed by atoms with van der Waals surface area (Å²) in [5.74, 6) is -1.34. The SMILES string of the molecule is Cn1c(C=C2C(=O)NC(=O)N(c3ccccc3)C2=O)cc2ccccc21. The van der Waals surface area contributed by atoms with Gasteiger partial charge in [-0.2, -0.15) is 0 Å². The molecule has 0 unspecified atom stereocenters. The summed E-state index contributed by atoms with van der Waals surface area (Å²) in [5, 5.41) is 3.23. The van der Waals surface area contributed by atoms with Crippen molar-refractivity contribution in [1.82, 2.24) is 9.88 Å². The minimum atomic E-state index is -0.750. The number of fused-ring (bicyclic) bond motifs is 1. The smallest absolute Gasteiger partial charge is 0.335 e. The third-order valence-corrected chi connectivity index (χ3v) is 4.40. The summed E-state index contributed by atoms with van der Waals surface area (Å²) in [6.45, 7) is 0. The Balaban J connectivity index is 1.80. The minimum absolute atomic E-state index is 0.0839. The average molecular weight is 345 g/mol. The van der Waals surface area contributed by atoms with Crippen molar-refractivity contribution in [3.05, 3.63) is 71.9 Å². The maximum Gasteiger partial charge on any atom is 0.335 e. The summed E-state index contributed by atoms with van der Waals surface area (Å²) in [7, 11) is 1.86. The van der Waals surface area contributed by atoms with E-state index >= 15 is 0 Å². The number of para-hydroxylation sites is 2. The van der Waals surface area contributed by atoms with E-state index < -0.39 is 17.8 Å². The Morgan fingerprint density at radius 2 is 1.62 bits per heavy atom. The van der Waals surface area contributed by atoms with Crippen LogP contribution < -0.4 is 10.2 Å². The predicted molar refractivity (Wildman–Crippen MR) is 98.4 cm³/mol. The predicted octanol–water partition coefficient (Wildman–Crippen LogP) is 2.84. The number of nitrogens with zero attached hydrogens (tertiary/aromatic N) is 2. The van der Waals surface area contributed by atoms with Crippen LogP contribution in [0, 0.1) is 0 Å². The number of nitrogens with one attached hydrogen (secondary N) is 1. The van der Waals surface area contributed by atoms with Gasteiger partial charge in [-0.1, -0.05) is 36.4 Å². The van der Waals surface area contributed by atoms with Gasteiger partial charge in [0.1, 0.15) is 5.57 Å². The van der Waals surface area contributed by atoms with Crippen LogP contribution in [0.4, 0.5) is 10.5 Å².